The minimum Gasteiger partial charge on any atom is -0.545 e. The summed E-state index contributed by atoms with van der Waals surface area (Å²) in [6.45, 7) is 0. The summed E-state index contributed by atoms with van der Waals surface area (Å²) in [7, 11) is 0. The molecule has 1 aliphatic rings. The highest BCUT2D eigenvalue weighted by Crippen LogP contribution is 2.39. The third-order valence-corrected chi connectivity index (χ3v) is 5.06. The van der Waals surface area contributed by atoms with E-state index in [1.165, 1.54) is 22.9 Å². The SMILES string of the molecule is O=C([O-])c1cccc(Nc2ncnc3sc4c(c23)CCC4)c1. The lowest BCUT2D eigenvalue weighted by atomic mass is 10.1. The Bertz CT molecular complexity index is 888. The smallest absolute Gasteiger partial charge is 0.142 e. The molecular formula is C16H12N3O2S-. The molecule has 0 spiro atoms. The van der Waals surface area contributed by atoms with Crippen LogP contribution in [0.5, 0.6) is 0 Å². The van der Waals surface area contributed by atoms with E-state index in [1.807, 2.05) is 6.07 Å². The number of hydrogen-bond donors (Lipinski definition) is 1. The molecule has 0 amide bonds. The molecule has 3 aromatic rings. The van der Waals surface area contributed by atoms with Gasteiger partial charge in [-0.15, -0.1) is 11.3 Å². The van der Waals surface area contributed by atoms with Gasteiger partial charge in [-0.05, 0) is 42.5 Å². The first-order valence-electron chi connectivity index (χ1n) is 7.06. The van der Waals surface area contributed by atoms with Crippen LogP contribution in [0.15, 0.2) is 30.6 Å². The summed E-state index contributed by atoms with van der Waals surface area (Å²) in [5.41, 5.74) is 2.16. The molecule has 0 bridgehead atoms. The van der Waals surface area contributed by atoms with Crippen LogP contribution in [0.3, 0.4) is 0 Å². The summed E-state index contributed by atoms with van der Waals surface area (Å²) in [6, 6.07) is 6.56. The molecule has 0 saturated heterocycles. The van der Waals surface area contributed by atoms with E-state index in [9.17, 15) is 9.90 Å². The molecule has 0 atom stereocenters. The second kappa shape index (κ2) is 5.06. The third kappa shape index (κ3) is 2.12. The van der Waals surface area contributed by atoms with Gasteiger partial charge in [-0.3, -0.25) is 0 Å². The monoisotopic (exact) mass is 310 g/mol. The number of benzene rings is 1. The topological polar surface area (TPSA) is 77.9 Å². The van der Waals surface area contributed by atoms with Crippen molar-refractivity contribution >= 4 is 39.0 Å². The normalized spacial score (nSPS) is 13.3. The largest absolute Gasteiger partial charge is 0.545 e. The van der Waals surface area contributed by atoms with Gasteiger partial charge in [0.1, 0.15) is 17.0 Å². The van der Waals surface area contributed by atoms with Crippen molar-refractivity contribution in [2.75, 3.05) is 5.32 Å². The molecule has 1 aliphatic carbocycles. The molecule has 0 unspecified atom stereocenters. The lowest BCUT2D eigenvalue weighted by Crippen LogP contribution is -2.22. The van der Waals surface area contributed by atoms with Crippen molar-refractivity contribution in [3.63, 3.8) is 0 Å². The van der Waals surface area contributed by atoms with E-state index in [1.54, 1.807) is 29.8 Å². The summed E-state index contributed by atoms with van der Waals surface area (Å²) in [6.07, 6.45) is 4.87. The van der Waals surface area contributed by atoms with Crippen molar-refractivity contribution in [1.82, 2.24) is 9.97 Å². The highest BCUT2D eigenvalue weighted by molar-refractivity contribution is 7.19. The fourth-order valence-corrected chi connectivity index (χ4v) is 4.11. The van der Waals surface area contributed by atoms with Crippen LogP contribution in [0.1, 0.15) is 27.2 Å². The minimum atomic E-state index is -1.19. The molecule has 0 aliphatic heterocycles. The van der Waals surface area contributed by atoms with Gasteiger partial charge in [0.15, 0.2) is 0 Å². The summed E-state index contributed by atoms with van der Waals surface area (Å²) in [5.74, 6) is -0.451. The maximum absolute atomic E-state index is 11.0. The average Bonchev–Trinajstić information content (AvgIpc) is 3.08. The predicted molar refractivity (Wildman–Crippen MR) is 83.5 cm³/mol. The Morgan fingerprint density at radius 3 is 3.05 bits per heavy atom. The van der Waals surface area contributed by atoms with Gasteiger partial charge in [0.05, 0.1) is 11.4 Å². The van der Waals surface area contributed by atoms with E-state index in [4.69, 9.17) is 0 Å². The van der Waals surface area contributed by atoms with Crippen LogP contribution in [0, 0.1) is 0 Å². The minimum absolute atomic E-state index is 0.144. The highest BCUT2D eigenvalue weighted by Gasteiger charge is 2.21. The zero-order valence-electron chi connectivity index (χ0n) is 11.6. The molecule has 2 heterocycles. The highest BCUT2D eigenvalue weighted by atomic mass is 32.1. The Balaban J connectivity index is 1.79. The number of carboxylic acids is 1. The zero-order chi connectivity index (χ0) is 15.1. The van der Waals surface area contributed by atoms with Gasteiger partial charge in [0.2, 0.25) is 0 Å². The number of carbonyl (C=O) groups is 1. The van der Waals surface area contributed by atoms with E-state index in [0.29, 0.717) is 5.69 Å². The zero-order valence-corrected chi connectivity index (χ0v) is 12.4. The van der Waals surface area contributed by atoms with Crippen molar-refractivity contribution in [3.8, 4) is 0 Å². The molecule has 1 aromatic carbocycles. The van der Waals surface area contributed by atoms with Crippen molar-refractivity contribution < 1.29 is 9.90 Å². The Hall–Kier alpha value is -2.47. The van der Waals surface area contributed by atoms with Gasteiger partial charge < -0.3 is 15.2 Å². The number of rotatable bonds is 3. The first kappa shape index (κ1) is 13.2. The van der Waals surface area contributed by atoms with Crippen LogP contribution in [-0.2, 0) is 12.8 Å². The lowest BCUT2D eigenvalue weighted by Gasteiger charge is -2.09. The summed E-state index contributed by atoms with van der Waals surface area (Å²) in [4.78, 5) is 22.0. The lowest BCUT2D eigenvalue weighted by molar-refractivity contribution is -0.255. The number of aryl methyl sites for hydroxylation is 2. The molecule has 0 fully saturated rings. The van der Waals surface area contributed by atoms with Crippen LogP contribution in [0.25, 0.3) is 10.2 Å². The number of nitrogens with one attached hydrogen (secondary N) is 1. The molecule has 22 heavy (non-hydrogen) atoms. The van der Waals surface area contributed by atoms with Crippen LogP contribution in [0.4, 0.5) is 11.5 Å². The number of thiophene rings is 1. The second-order valence-electron chi connectivity index (χ2n) is 5.25. The molecule has 0 saturated carbocycles. The first-order chi connectivity index (χ1) is 10.7. The number of aromatic nitrogens is 2. The van der Waals surface area contributed by atoms with Gasteiger partial charge in [0.25, 0.3) is 0 Å². The Morgan fingerprint density at radius 1 is 1.27 bits per heavy atom. The van der Waals surface area contributed by atoms with Crippen molar-refractivity contribution in [1.29, 1.82) is 0 Å². The van der Waals surface area contributed by atoms with Crippen LogP contribution in [0.2, 0.25) is 0 Å². The van der Waals surface area contributed by atoms with Crippen LogP contribution in [-0.4, -0.2) is 15.9 Å². The number of carbonyl (C=O) groups excluding carboxylic acids is 1. The van der Waals surface area contributed by atoms with Gasteiger partial charge in [0, 0.05) is 10.6 Å². The molecular weight excluding hydrogens is 298 g/mol. The fraction of sp³-hybridized carbons (Fsp3) is 0.188. The molecule has 0 radical (unpaired) electrons. The van der Waals surface area contributed by atoms with Gasteiger partial charge in [-0.2, -0.15) is 0 Å². The van der Waals surface area contributed by atoms with E-state index in [0.717, 1.165) is 28.9 Å². The Kier molecular flexibility index (Phi) is 3.04. The number of fused-ring (bicyclic) bond motifs is 3. The standard InChI is InChI=1S/C16H13N3O2S/c20-16(21)9-3-1-4-10(7-9)19-14-13-11-5-2-6-12(11)22-15(13)18-8-17-14/h1,3-4,7-8H,2,5-6H2,(H,20,21)(H,17,18,19)/p-1. The molecule has 4 rings (SSSR count). The quantitative estimate of drug-likeness (QED) is 0.803. The molecule has 1 N–H and O–H groups in total. The molecule has 6 heteroatoms. The number of aromatic carboxylic acids is 1. The number of hydrogen-bond acceptors (Lipinski definition) is 6. The van der Waals surface area contributed by atoms with Crippen molar-refractivity contribution in [3.05, 3.63) is 46.6 Å². The number of anilines is 2. The van der Waals surface area contributed by atoms with E-state index >= 15 is 0 Å². The molecule has 2 aromatic heterocycles. The summed E-state index contributed by atoms with van der Waals surface area (Å²) in [5, 5.41) is 15.3. The van der Waals surface area contributed by atoms with Gasteiger partial charge >= 0.3 is 0 Å². The van der Waals surface area contributed by atoms with E-state index < -0.39 is 5.97 Å². The molecule has 5 nitrogen and oxygen atoms in total. The van der Waals surface area contributed by atoms with Crippen molar-refractivity contribution in [2.24, 2.45) is 0 Å². The van der Waals surface area contributed by atoms with Gasteiger partial charge in [-0.1, -0.05) is 12.1 Å². The van der Waals surface area contributed by atoms with E-state index in [2.05, 4.69) is 15.3 Å². The maximum Gasteiger partial charge on any atom is 0.142 e. The molecule has 110 valence electrons. The van der Waals surface area contributed by atoms with Crippen molar-refractivity contribution in [2.45, 2.75) is 19.3 Å². The second-order valence-corrected chi connectivity index (χ2v) is 6.34. The predicted octanol–water partition coefficient (Wildman–Crippen LogP) is 2.29. The van der Waals surface area contributed by atoms with E-state index in [-0.39, 0.29) is 5.56 Å². The van der Waals surface area contributed by atoms with Gasteiger partial charge in [-0.25, -0.2) is 9.97 Å². The van der Waals surface area contributed by atoms with Crippen LogP contribution >= 0.6 is 11.3 Å². The fourth-order valence-electron chi connectivity index (χ4n) is 2.88. The Morgan fingerprint density at radius 2 is 2.18 bits per heavy atom. The average molecular weight is 310 g/mol. The summed E-state index contributed by atoms with van der Waals surface area (Å²) < 4.78 is 0. The van der Waals surface area contributed by atoms with Crippen LogP contribution < -0.4 is 10.4 Å². The number of carboxylic acid groups (broad SMARTS) is 1. The maximum atomic E-state index is 11.0. The first-order valence-corrected chi connectivity index (χ1v) is 7.88. The Labute approximate surface area is 130 Å². The number of nitrogens with zero attached hydrogens (tertiary/aromatic N) is 2. The third-order valence-electron chi connectivity index (χ3n) is 3.86. The summed E-state index contributed by atoms with van der Waals surface area (Å²) >= 11 is 1.72.